The number of allylic oxidation sites excluding steroid dienone is 2. The van der Waals surface area contributed by atoms with Crippen LogP contribution in [0.5, 0.6) is 0 Å². The van der Waals surface area contributed by atoms with Crippen molar-refractivity contribution < 1.29 is 9.53 Å². The van der Waals surface area contributed by atoms with Gasteiger partial charge in [0.05, 0.1) is 18.4 Å². The second-order valence-corrected chi connectivity index (χ2v) is 6.35. The molecule has 0 bridgehead atoms. The Balaban J connectivity index is 1.86. The molecule has 0 spiro atoms. The van der Waals surface area contributed by atoms with Gasteiger partial charge >= 0.3 is 5.97 Å². The van der Waals surface area contributed by atoms with Crippen molar-refractivity contribution in [2.24, 2.45) is 5.10 Å². The first-order valence-corrected chi connectivity index (χ1v) is 9.17. The highest BCUT2D eigenvalue weighted by Gasteiger charge is 2.28. The average molecular weight is 360 g/mol. The van der Waals surface area contributed by atoms with E-state index in [4.69, 9.17) is 9.84 Å². The van der Waals surface area contributed by atoms with Crippen LogP contribution < -0.4 is 0 Å². The average Bonchev–Trinajstić information content (AvgIpc) is 3.12. The minimum absolute atomic E-state index is 0.0623. The Hall–Kier alpha value is -3.14. The molecule has 0 aromatic heterocycles. The second-order valence-electron chi connectivity index (χ2n) is 6.35. The van der Waals surface area contributed by atoms with Gasteiger partial charge in [-0.25, -0.2) is 4.79 Å². The lowest BCUT2D eigenvalue weighted by Gasteiger charge is -2.24. The zero-order valence-corrected chi connectivity index (χ0v) is 15.7. The van der Waals surface area contributed by atoms with E-state index in [0.29, 0.717) is 6.61 Å². The maximum Gasteiger partial charge on any atom is 0.332 e. The Kier molecular flexibility index (Phi) is 6.21. The van der Waals surface area contributed by atoms with Gasteiger partial charge in [-0.05, 0) is 31.1 Å². The smallest absolute Gasteiger partial charge is 0.332 e. The van der Waals surface area contributed by atoms with Crippen molar-refractivity contribution in [3.8, 4) is 0 Å². The summed E-state index contributed by atoms with van der Waals surface area (Å²) in [6.07, 6.45) is 6.39. The largest absolute Gasteiger partial charge is 0.463 e. The minimum atomic E-state index is -0.342. The fraction of sp³-hybridized carbons (Fsp3) is 0.217. The van der Waals surface area contributed by atoms with Crippen LogP contribution in [0.3, 0.4) is 0 Å². The molecule has 2 aromatic carbocycles. The van der Waals surface area contributed by atoms with Gasteiger partial charge in [-0.1, -0.05) is 66.7 Å². The summed E-state index contributed by atoms with van der Waals surface area (Å²) in [6, 6.07) is 20.4. The molecule has 0 amide bonds. The summed E-state index contributed by atoms with van der Waals surface area (Å²) in [5.41, 5.74) is 4.05. The van der Waals surface area contributed by atoms with Crippen LogP contribution in [0.15, 0.2) is 83.6 Å². The van der Waals surface area contributed by atoms with Crippen LogP contribution in [-0.4, -0.2) is 23.3 Å². The summed E-state index contributed by atoms with van der Waals surface area (Å²) in [4.78, 5) is 11.9. The van der Waals surface area contributed by atoms with E-state index in [-0.39, 0.29) is 12.0 Å². The van der Waals surface area contributed by atoms with Crippen molar-refractivity contribution in [3.05, 3.63) is 89.6 Å². The third-order valence-corrected chi connectivity index (χ3v) is 4.36. The molecule has 0 radical (unpaired) electrons. The number of hydrogen-bond donors (Lipinski definition) is 0. The molecule has 4 heteroatoms. The first-order chi connectivity index (χ1) is 13.2. The molecule has 1 unspecified atom stereocenters. The lowest BCUT2D eigenvalue weighted by atomic mass is 10.0. The van der Waals surface area contributed by atoms with Crippen LogP contribution in [0, 0.1) is 0 Å². The molecule has 27 heavy (non-hydrogen) atoms. The zero-order valence-electron chi connectivity index (χ0n) is 15.7. The Morgan fingerprint density at radius 3 is 2.44 bits per heavy atom. The van der Waals surface area contributed by atoms with Crippen LogP contribution in [0.2, 0.25) is 0 Å². The van der Waals surface area contributed by atoms with E-state index in [1.807, 2.05) is 54.4 Å². The number of nitrogens with zero attached hydrogens (tertiary/aromatic N) is 2. The van der Waals surface area contributed by atoms with Crippen molar-refractivity contribution >= 4 is 17.8 Å². The molecule has 0 aliphatic carbocycles. The summed E-state index contributed by atoms with van der Waals surface area (Å²) in [5, 5.41) is 6.67. The number of hydrazone groups is 1. The summed E-state index contributed by atoms with van der Waals surface area (Å²) >= 11 is 0. The van der Waals surface area contributed by atoms with Crippen molar-refractivity contribution in [3.63, 3.8) is 0 Å². The highest BCUT2D eigenvalue weighted by molar-refractivity contribution is 5.99. The van der Waals surface area contributed by atoms with Crippen molar-refractivity contribution in [1.29, 1.82) is 0 Å². The number of benzene rings is 2. The van der Waals surface area contributed by atoms with Gasteiger partial charge in [-0.15, -0.1) is 0 Å². The predicted octanol–water partition coefficient (Wildman–Crippen LogP) is 4.97. The number of rotatable bonds is 6. The minimum Gasteiger partial charge on any atom is -0.463 e. The fourth-order valence-corrected chi connectivity index (χ4v) is 3.07. The summed E-state index contributed by atoms with van der Waals surface area (Å²) in [6.45, 7) is 4.05. The fourth-order valence-electron chi connectivity index (χ4n) is 3.07. The highest BCUT2D eigenvalue weighted by atomic mass is 16.5. The van der Waals surface area contributed by atoms with Gasteiger partial charge in [-0.2, -0.15) is 5.10 Å². The molecule has 0 saturated carbocycles. The maximum absolute atomic E-state index is 11.9. The predicted molar refractivity (Wildman–Crippen MR) is 109 cm³/mol. The lowest BCUT2D eigenvalue weighted by molar-refractivity contribution is -0.137. The Bertz CT molecular complexity index is 854. The number of hydrogen-bond acceptors (Lipinski definition) is 4. The Morgan fingerprint density at radius 2 is 1.78 bits per heavy atom. The first kappa shape index (κ1) is 18.6. The van der Waals surface area contributed by atoms with E-state index < -0.39 is 0 Å². The van der Waals surface area contributed by atoms with Gasteiger partial charge in [0.25, 0.3) is 0 Å². The molecule has 2 aromatic rings. The van der Waals surface area contributed by atoms with Crippen LogP contribution in [0.1, 0.15) is 37.4 Å². The molecule has 138 valence electrons. The number of ether oxygens (including phenoxy) is 1. The number of carbonyl (C=O) groups is 1. The van der Waals surface area contributed by atoms with Gasteiger partial charge in [0.2, 0.25) is 0 Å². The highest BCUT2D eigenvalue weighted by Crippen LogP contribution is 2.34. The van der Waals surface area contributed by atoms with Gasteiger partial charge in [0.15, 0.2) is 0 Å². The molecular weight excluding hydrogens is 336 g/mol. The van der Waals surface area contributed by atoms with Crippen LogP contribution in [0.25, 0.3) is 6.08 Å². The quantitative estimate of drug-likeness (QED) is 0.539. The van der Waals surface area contributed by atoms with E-state index in [1.54, 1.807) is 6.92 Å². The second kappa shape index (κ2) is 8.99. The van der Waals surface area contributed by atoms with E-state index in [1.165, 1.54) is 11.6 Å². The van der Waals surface area contributed by atoms with E-state index >= 15 is 0 Å². The van der Waals surface area contributed by atoms with Gasteiger partial charge in [0.1, 0.15) is 0 Å². The van der Waals surface area contributed by atoms with E-state index in [2.05, 4.69) is 30.3 Å². The molecule has 0 fully saturated rings. The van der Waals surface area contributed by atoms with Gasteiger partial charge in [0, 0.05) is 18.2 Å². The van der Waals surface area contributed by atoms with E-state index in [0.717, 1.165) is 23.4 Å². The lowest BCUT2D eigenvalue weighted by Crippen LogP contribution is -2.18. The molecule has 0 saturated heterocycles. The maximum atomic E-state index is 11.9. The van der Waals surface area contributed by atoms with Crippen molar-refractivity contribution in [2.75, 3.05) is 6.61 Å². The monoisotopic (exact) mass is 360 g/mol. The van der Waals surface area contributed by atoms with Crippen LogP contribution >= 0.6 is 0 Å². The van der Waals surface area contributed by atoms with E-state index in [9.17, 15) is 4.79 Å². The number of carbonyl (C=O) groups excluding carboxylic acids is 1. The molecule has 1 atom stereocenters. The first-order valence-electron chi connectivity index (χ1n) is 9.17. The Labute approximate surface area is 160 Å². The third kappa shape index (κ3) is 4.94. The normalized spacial score (nSPS) is 17.3. The summed E-state index contributed by atoms with van der Waals surface area (Å²) < 4.78 is 5.04. The molecule has 4 nitrogen and oxygen atoms in total. The molecule has 1 aliphatic rings. The summed E-state index contributed by atoms with van der Waals surface area (Å²) in [7, 11) is 0. The molecular formula is C23H24N2O2. The standard InChI is InChI=1S/C23H24N2O2/c1-3-27-23(26)16-18(2)25-22(20-12-8-5-9-13-20)17-21(24-25)15-14-19-10-6-4-7-11-19/h4-16,22H,3,17H2,1-2H3/b15-14+,18-16-. The third-order valence-electron chi connectivity index (χ3n) is 4.36. The Morgan fingerprint density at radius 1 is 1.11 bits per heavy atom. The van der Waals surface area contributed by atoms with Crippen LogP contribution in [0.4, 0.5) is 0 Å². The molecule has 3 rings (SSSR count). The topological polar surface area (TPSA) is 41.9 Å². The molecule has 0 N–H and O–H groups in total. The molecule has 1 heterocycles. The van der Waals surface area contributed by atoms with Crippen molar-refractivity contribution in [1.82, 2.24) is 5.01 Å². The SMILES string of the molecule is CCOC(=O)/C=C(/C)N1N=C(/C=C/c2ccccc2)CC1c1ccccc1. The number of esters is 1. The zero-order chi connectivity index (χ0) is 19.1. The van der Waals surface area contributed by atoms with Crippen molar-refractivity contribution in [2.45, 2.75) is 26.3 Å². The van der Waals surface area contributed by atoms with Gasteiger partial charge < -0.3 is 4.74 Å². The van der Waals surface area contributed by atoms with Crippen LogP contribution in [-0.2, 0) is 9.53 Å². The summed E-state index contributed by atoms with van der Waals surface area (Å²) in [5.74, 6) is -0.342. The van der Waals surface area contributed by atoms with Gasteiger partial charge in [-0.3, -0.25) is 5.01 Å². The molecule has 1 aliphatic heterocycles.